The smallest absolute Gasteiger partial charge is 0.341 e. The average Bonchev–Trinajstić information content (AvgIpc) is 2.55. The SMILES string of the molecule is C/C(=C/C(=O)OC(=O)/C=C\C=C/C(=O)O)C(=O)OC(=O)/C=C\C=C/C(=O)O. The van der Waals surface area contributed by atoms with Gasteiger partial charge < -0.3 is 19.7 Å². The quantitative estimate of drug-likeness (QED) is 0.263. The molecule has 0 rings (SSSR count). The first-order chi connectivity index (χ1) is 12.6. The maximum absolute atomic E-state index is 11.6. The van der Waals surface area contributed by atoms with Crippen LogP contribution in [0.2, 0.25) is 0 Å². The molecule has 0 spiro atoms. The van der Waals surface area contributed by atoms with Gasteiger partial charge in [0.25, 0.3) is 0 Å². The predicted octanol–water partition coefficient (Wildman–Crippen LogP) is 0.466. The molecule has 0 atom stereocenters. The maximum Gasteiger partial charge on any atom is 0.341 e. The van der Waals surface area contributed by atoms with E-state index in [9.17, 15) is 28.8 Å². The second-order valence-electron chi connectivity index (χ2n) is 4.39. The van der Waals surface area contributed by atoms with E-state index in [0.29, 0.717) is 6.08 Å². The summed E-state index contributed by atoms with van der Waals surface area (Å²) in [6.45, 7) is 1.13. The molecule has 0 aromatic heterocycles. The Bertz CT molecular complexity index is 778. The number of aliphatic carboxylic acids is 2. The van der Waals surface area contributed by atoms with Gasteiger partial charge >= 0.3 is 35.8 Å². The number of ether oxygens (including phenoxy) is 2. The van der Waals surface area contributed by atoms with E-state index in [2.05, 4.69) is 9.47 Å². The van der Waals surface area contributed by atoms with Gasteiger partial charge in [-0.2, -0.15) is 0 Å². The summed E-state index contributed by atoms with van der Waals surface area (Å²) in [5, 5.41) is 16.7. The van der Waals surface area contributed by atoms with E-state index in [0.717, 1.165) is 55.5 Å². The molecule has 0 heterocycles. The van der Waals surface area contributed by atoms with Crippen molar-refractivity contribution in [2.45, 2.75) is 6.92 Å². The third-order valence-electron chi connectivity index (χ3n) is 2.22. The lowest BCUT2D eigenvalue weighted by atomic mass is 10.3. The Hall–Kier alpha value is -4.08. The molecule has 0 aliphatic heterocycles. The van der Waals surface area contributed by atoms with Gasteiger partial charge in [0, 0.05) is 36.0 Å². The first-order valence-corrected chi connectivity index (χ1v) is 6.97. The molecule has 0 bridgehead atoms. The molecular formula is C17H14O10. The van der Waals surface area contributed by atoms with Crippen molar-refractivity contribution >= 4 is 35.8 Å². The highest BCUT2D eigenvalue weighted by Crippen LogP contribution is 2.00. The van der Waals surface area contributed by atoms with E-state index in [1.807, 2.05) is 0 Å². The largest absolute Gasteiger partial charge is 0.478 e. The molecule has 0 radical (unpaired) electrons. The number of carbonyl (C=O) groups excluding carboxylic acids is 4. The molecule has 10 heteroatoms. The van der Waals surface area contributed by atoms with Crippen molar-refractivity contribution < 1.29 is 48.5 Å². The van der Waals surface area contributed by atoms with Crippen LogP contribution in [0.3, 0.4) is 0 Å². The van der Waals surface area contributed by atoms with E-state index < -0.39 is 35.8 Å². The van der Waals surface area contributed by atoms with Gasteiger partial charge in [0.15, 0.2) is 0 Å². The van der Waals surface area contributed by atoms with Crippen LogP contribution in [0.4, 0.5) is 0 Å². The lowest BCUT2D eigenvalue weighted by molar-refractivity contribution is -0.155. The highest BCUT2D eigenvalue weighted by Gasteiger charge is 2.13. The predicted molar refractivity (Wildman–Crippen MR) is 87.8 cm³/mol. The summed E-state index contributed by atoms with van der Waals surface area (Å²) < 4.78 is 8.63. The van der Waals surface area contributed by atoms with Crippen LogP contribution in [0.15, 0.2) is 60.3 Å². The number of hydrogen-bond donors (Lipinski definition) is 2. The summed E-state index contributed by atoms with van der Waals surface area (Å²) in [6.07, 6.45) is 7.77. The summed E-state index contributed by atoms with van der Waals surface area (Å²) in [6, 6.07) is 0. The molecule has 0 aromatic rings. The Labute approximate surface area is 152 Å². The van der Waals surface area contributed by atoms with Crippen molar-refractivity contribution in [3.05, 3.63) is 60.3 Å². The van der Waals surface area contributed by atoms with Crippen LogP contribution >= 0.6 is 0 Å². The van der Waals surface area contributed by atoms with Gasteiger partial charge in [-0.25, -0.2) is 28.8 Å². The van der Waals surface area contributed by atoms with Crippen molar-refractivity contribution in [3.63, 3.8) is 0 Å². The maximum atomic E-state index is 11.6. The third kappa shape index (κ3) is 12.9. The minimum absolute atomic E-state index is 0.342. The molecule has 2 N–H and O–H groups in total. The number of hydrogen-bond acceptors (Lipinski definition) is 8. The number of allylic oxidation sites excluding steroid dienone is 4. The van der Waals surface area contributed by atoms with Gasteiger partial charge in [0.2, 0.25) is 0 Å². The van der Waals surface area contributed by atoms with Gasteiger partial charge in [-0.15, -0.1) is 0 Å². The molecule has 0 aliphatic rings. The molecule has 0 aliphatic carbocycles. The monoisotopic (exact) mass is 378 g/mol. The molecule has 142 valence electrons. The zero-order valence-corrected chi connectivity index (χ0v) is 13.9. The second kappa shape index (κ2) is 12.3. The van der Waals surface area contributed by atoms with Crippen molar-refractivity contribution in [3.8, 4) is 0 Å². The first-order valence-electron chi connectivity index (χ1n) is 6.97. The van der Waals surface area contributed by atoms with Crippen LogP contribution < -0.4 is 0 Å². The summed E-state index contributed by atoms with van der Waals surface area (Å²) in [7, 11) is 0. The van der Waals surface area contributed by atoms with Crippen molar-refractivity contribution in [1.82, 2.24) is 0 Å². The number of carboxylic acid groups (broad SMARTS) is 2. The van der Waals surface area contributed by atoms with E-state index in [4.69, 9.17) is 10.2 Å². The molecule has 27 heavy (non-hydrogen) atoms. The fourth-order valence-electron chi connectivity index (χ4n) is 1.15. The Morgan fingerprint density at radius 1 is 0.630 bits per heavy atom. The lowest BCUT2D eigenvalue weighted by Gasteiger charge is -2.00. The zero-order valence-electron chi connectivity index (χ0n) is 13.9. The molecule has 0 aromatic carbocycles. The molecule has 0 saturated carbocycles. The van der Waals surface area contributed by atoms with Gasteiger partial charge in [0.05, 0.1) is 0 Å². The van der Waals surface area contributed by atoms with Gasteiger partial charge in [0.1, 0.15) is 0 Å². The highest BCUT2D eigenvalue weighted by molar-refractivity contribution is 6.04. The van der Waals surface area contributed by atoms with Crippen LogP contribution in [0.1, 0.15) is 6.92 Å². The van der Waals surface area contributed by atoms with Crippen LogP contribution in [0.25, 0.3) is 0 Å². The summed E-state index contributed by atoms with van der Waals surface area (Å²) in [5.41, 5.74) is -0.342. The fourth-order valence-corrected chi connectivity index (χ4v) is 1.15. The first kappa shape index (κ1) is 22.9. The molecule has 0 fully saturated rings. The minimum Gasteiger partial charge on any atom is -0.478 e. The number of carboxylic acids is 2. The number of esters is 4. The number of rotatable bonds is 8. The van der Waals surface area contributed by atoms with Crippen molar-refractivity contribution in [2.75, 3.05) is 0 Å². The normalized spacial score (nSPS) is 12.0. The average molecular weight is 378 g/mol. The topological polar surface area (TPSA) is 161 Å². The second-order valence-corrected chi connectivity index (χ2v) is 4.39. The van der Waals surface area contributed by atoms with Gasteiger partial charge in [-0.1, -0.05) is 24.3 Å². The third-order valence-corrected chi connectivity index (χ3v) is 2.22. The lowest BCUT2D eigenvalue weighted by Crippen LogP contribution is -2.14. The Balaban J connectivity index is 4.60. The van der Waals surface area contributed by atoms with E-state index >= 15 is 0 Å². The summed E-state index contributed by atoms with van der Waals surface area (Å²) in [4.78, 5) is 65.9. The zero-order chi connectivity index (χ0) is 20.8. The van der Waals surface area contributed by atoms with Gasteiger partial charge in [-0.3, -0.25) is 0 Å². The summed E-state index contributed by atoms with van der Waals surface area (Å²) in [5.74, 6) is -7.09. The fraction of sp³-hybridized carbons (Fsp3) is 0.0588. The van der Waals surface area contributed by atoms with Crippen molar-refractivity contribution in [2.24, 2.45) is 0 Å². The molecule has 0 amide bonds. The Kier molecular flexibility index (Phi) is 10.4. The minimum atomic E-state index is -1.23. The van der Waals surface area contributed by atoms with Crippen LogP contribution in [-0.4, -0.2) is 46.0 Å². The van der Waals surface area contributed by atoms with Crippen LogP contribution in [0, 0.1) is 0 Å². The molecule has 0 unspecified atom stereocenters. The van der Waals surface area contributed by atoms with E-state index in [-0.39, 0.29) is 5.57 Å². The summed E-state index contributed by atoms with van der Waals surface area (Å²) >= 11 is 0. The molecule has 10 nitrogen and oxygen atoms in total. The highest BCUT2D eigenvalue weighted by atomic mass is 16.6. The van der Waals surface area contributed by atoms with Gasteiger partial charge in [-0.05, 0) is 6.92 Å². The van der Waals surface area contributed by atoms with E-state index in [1.54, 1.807) is 0 Å². The molecular weight excluding hydrogens is 364 g/mol. The Morgan fingerprint density at radius 2 is 1.04 bits per heavy atom. The Morgan fingerprint density at radius 3 is 1.48 bits per heavy atom. The standard InChI is InChI=1S/C17H14O10/c1-11(17(25)27-15(23)9-5-3-7-13(20)21)10-16(24)26-14(22)8-4-2-6-12(18)19/h2-10H,1H3,(H,18,19)(H,20,21)/b6-2-,7-3-,8-4-,9-5-,11-10-. The molecule has 0 saturated heterocycles. The van der Waals surface area contributed by atoms with Crippen molar-refractivity contribution in [1.29, 1.82) is 0 Å². The van der Waals surface area contributed by atoms with E-state index in [1.165, 1.54) is 0 Å². The van der Waals surface area contributed by atoms with Crippen LogP contribution in [-0.2, 0) is 38.2 Å². The van der Waals surface area contributed by atoms with Crippen LogP contribution in [0.5, 0.6) is 0 Å². The number of carbonyl (C=O) groups is 6.